The number of hydrogen-bond acceptors (Lipinski definition) is 3. The number of benzene rings is 2. The van der Waals surface area contributed by atoms with Crippen LogP contribution in [0.2, 0.25) is 0 Å². The molecule has 0 amide bonds. The zero-order valence-corrected chi connectivity index (χ0v) is 13.9. The average Bonchev–Trinajstić information content (AvgIpc) is 2.59. The van der Waals surface area contributed by atoms with E-state index >= 15 is 0 Å². The fourth-order valence-corrected chi connectivity index (χ4v) is 3.41. The van der Waals surface area contributed by atoms with Gasteiger partial charge in [0.2, 0.25) is 0 Å². The second kappa shape index (κ2) is 7.77. The molecule has 0 aromatic heterocycles. The van der Waals surface area contributed by atoms with Crippen molar-refractivity contribution in [3.05, 3.63) is 66.0 Å². The lowest BCUT2D eigenvalue weighted by atomic mass is 9.88. The normalized spacial score (nSPS) is 24.1. The third-order valence-corrected chi connectivity index (χ3v) is 4.74. The Kier molecular flexibility index (Phi) is 5.48. The largest absolute Gasteiger partial charge is 0.488 e. The number of hydrogen-bond donors (Lipinski definition) is 1. The van der Waals surface area contributed by atoms with Gasteiger partial charge in [-0.25, -0.2) is 4.39 Å². The molecule has 0 aliphatic heterocycles. The lowest BCUT2D eigenvalue weighted by Gasteiger charge is -2.39. The molecule has 4 heteroatoms. The van der Waals surface area contributed by atoms with Gasteiger partial charge in [0.25, 0.3) is 0 Å². The van der Waals surface area contributed by atoms with Gasteiger partial charge in [0.1, 0.15) is 23.8 Å². The Labute approximate surface area is 142 Å². The Morgan fingerprint density at radius 1 is 1.08 bits per heavy atom. The van der Waals surface area contributed by atoms with Crippen LogP contribution in [0.4, 0.5) is 4.39 Å². The predicted octanol–water partition coefficient (Wildman–Crippen LogP) is 3.62. The molecule has 0 radical (unpaired) electrons. The van der Waals surface area contributed by atoms with E-state index in [0.717, 1.165) is 25.0 Å². The molecule has 0 saturated heterocycles. The second-order valence-corrected chi connectivity index (χ2v) is 6.46. The molecular weight excluding hydrogens is 305 g/mol. The average molecular weight is 329 g/mol. The molecule has 1 saturated carbocycles. The molecule has 2 aromatic carbocycles. The van der Waals surface area contributed by atoms with Crippen LogP contribution >= 0.6 is 0 Å². The fraction of sp³-hybridized carbons (Fsp3) is 0.400. The molecule has 1 fully saturated rings. The van der Waals surface area contributed by atoms with Gasteiger partial charge in [-0.3, -0.25) is 4.90 Å². The van der Waals surface area contributed by atoms with Crippen LogP contribution in [0.25, 0.3) is 0 Å². The molecular formula is C20H24FNO2. The van der Waals surface area contributed by atoms with Crippen molar-refractivity contribution in [2.75, 3.05) is 7.05 Å². The molecule has 1 N–H and O–H groups in total. The van der Waals surface area contributed by atoms with Gasteiger partial charge in [-0.05, 0) is 44.5 Å². The summed E-state index contributed by atoms with van der Waals surface area (Å²) in [6, 6.07) is 16.4. The number of para-hydroxylation sites is 1. The SMILES string of the molecule is CN(Cc1ccccc1F)[C@@H]1CCC[C@H](Oc2ccccc2)[C@H]1O. The van der Waals surface area contributed by atoms with Gasteiger partial charge in [0.05, 0.1) is 0 Å². The summed E-state index contributed by atoms with van der Waals surface area (Å²) in [4.78, 5) is 2.03. The van der Waals surface area contributed by atoms with Gasteiger partial charge < -0.3 is 9.84 Å². The predicted molar refractivity (Wildman–Crippen MR) is 92.4 cm³/mol. The Morgan fingerprint density at radius 3 is 2.54 bits per heavy atom. The van der Waals surface area contributed by atoms with Gasteiger partial charge in [-0.2, -0.15) is 0 Å². The van der Waals surface area contributed by atoms with Crippen molar-refractivity contribution in [2.45, 2.75) is 44.1 Å². The van der Waals surface area contributed by atoms with E-state index in [1.165, 1.54) is 6.07 Å². The summed E-state index contributed by atoms with van der Waals surface area (Å²) in [5, 5.41) is 10.7. The van der Waals surface area contributed by atoms with Crippen LogP contribution in [0, 0.1) is 5.82 Å². The minimum atomic E-state index is -0.587. The number of aliphatic hydroxyl groups excluding tert-OH is 1. The van der Waals surface area contributed by atoms with Gasteiger partial charge >= 0.3 is 0 Å². The van der Waals surface area contributed by atoms with Crippen LogP contribution in [0.3, 0.4) is 0 Å². The van der Waals surface area contributed by atoms with Crippen molar-refractivity contribution in [3.63, 3.8) is 0 Å². The lowest BCUT2D eigenvalue weighted by molar-refractivity contribution is -0.0493. The number of ether oxygens (including phenoxy) is 1. The third kappa shape index (κ3) is 3.94. The molecule has 0 heterocycles. The summed E-state index contributed by atoms with van der Waals surface area (Å²) in [5.74, 6) is 0.575. The van der Waals surface area contributed by atoms with E-state index in [2.05, 4.69) is 0 Å². The Hall–Kier alpha value is -1.91. The molecule has 0 spiro atoms. The Balaban J connectivity index is 1.65. The molecule has 0 bridgehead atoms. The first kappa shape index (κ1) is 16.9. The Morgan fingerprint density at radius 2 is 1.79 bits per heavy atom. The standard InChI is InChI=1S/C20H24FNO2/c1-22(14-15-8-5-6-11-17(15)21)18-12-7-13-19(20(18)23)24-16-9-3-2-4-10-16/h2-6,8-11,18-20,23H,7,12-14H2,1H3/t18-,19+,20+/m1/s1. The van der Waals surface area contributed by atoms with Crippen molar-refractivity contribution < 1.29 is 14.2 Å². The highest BCUT2D eigenvalue weighted by atomic mass is 19.1. The maximum absolute atomic E-state index is 13.9. The molecule has 24 heavy (non-hydrogen) atoms. The monoisotopic (exact) mass is 329 g/mol. The minimum Gasteiger partial charge on any atom is -0.488 e. The molecule has 2 aromatic rings. The van der Waals surface area contributed by atoms with E-state index in [4.69, 9.17) is 4.74 Å². The van der Waals surface area contributed by atoms with Crippen molar-refractivity contribution in [2.24, 2.45) is 0 Å². The van der Waals surface area contributed by atoms with E-state index in [-0.39, 0.29) is 18.0 Å². The molecule has 3 atom stereocenters. The maximum Gasteiger partial charge on any atom is 0.127 e. The highest BCUT2D eigenvalue weighted by Gasteiger charge is 2.35. The van der Waals surface area contributed by atoms with Gasteiger partial charge in [-0.1, -0.05) is 36.4 Å². The summed E-state index contributed by atoms with van der Waals surface area (Å²) < 4.78 is 19.8. The van der Waals surface area contributed by atoms with Gasteiger partial charge in [0, 0.05) is 18.2 Å². The maximum atomic E-state index is 13.9. The van der Waals surface area contributed by atoms with Crippen molar-refractivity contribution >= 4 is 0 Å². The molecule has 128 valence electrons. The van der Waals surface area contributed by atoms with Crippen molar-refractivity contribution in [3.8, 4) is 5.75 Å². The number of halogens is 1. The zero-order chi connectivity index (χ0) is 16.9. The summed E-state index contributed by atoms with van der Waals surface area (Å²) in [6.07, 6.45) is 1.90. The molecule has 1 aliphatic carbocycles. The zero-order valence-electron chi connectivity index (χ0n) is 13.9. The van der Waals surface area contributed by atoms with Crippen LogP contribution in [0.15, 0.2) is 54.6 Å². The first-order valence-corrected chi connectivity index (χ1v) is 8.48. The van der Waals surface area contributed by atoms with E-state index in [1.807, 2.05) is 48.3 Å². The van der Waals surface area contributed by atoms with Crippen LogP contribution in [0.1, 0.15) is 24.8 Å². The molecule has 1 aliphatic rings. The molecule has 3 rings (SSSR count). The topological polar surface area (TPSA) is 32.7 Å². The summed E-state index contributed by atoms with van der Waals surface area (Å²) >= 11 is 0. The smallest absolute Gasteiger partial charge is 0.127 e. The first-order valence-electron chi connectivity index (χ1n) is 8.48. The van der Waals surface area contributed by atoms with Gasteiger partial charge in [-0.15, -0.1) is 0 Å². The molecule has 3 nitrogen and oxygen atoms in total. The molecule has 0 unspecified atom stereocenters. The quantitative estimate of drug-likeness (QED) is 0.909. The van der Waals surface area contributed by atoms with Crippen LogP contribution in [-0.2, 0) is 6.54 Å². The summed E-state index contributed by atoms with van der Waals surface area (Å²) in [5.41, 5.74) is 0.651. The highest BCUT2D eigenvalue weighted by molar-refractivity contribution is 5.22. The van der Waals surface area contributed by atoms with E-state index in [0.29, 0.717) is 12.1 Å². The highest BCUT2D eigenvalue weighted by Crippen LogP contribution is 2.28. The van der Waals surface area contributed by atoms with Crippen LogP contribution < -0.4 is 4.74 Å². The summed E-state index contributed by atoms with van der Waals surface area (Å²) in [7, 11) is 1.94. The first-order chi connectivity index (χ1) is 11.6. The van der Waals surface area contributed by atoms with E-state index in [1.54, 1.807) is 12.1 Å². The third-order valence-electron chi connectivity index (χ3n) is 4.74. The van der Waals surface area contributed by atoms with Crippen LogP contribution in [0.5, 0.6) is 5.75 Å². The number of aliphatic hydroxyl groups is 1. The minimum absolute atomic E-state index is 0.0351. The van der Waals surface area contributed by atoms with E-state index in [9.17, 15) is 9.50 Å². The van der Waals surface area contributed by atoms with Gasteiger partial charge in [0.15, 0.2) is 0 Å². The number of nitrogens with zero attached hydrogens (tertiary/aromatic N) is 1. The van der Waals surface area contributed by atoms with Crippen molar-refractivity contribution in [1.29, 1.82) is 0 Å². The van der Waals surface area contributed by atoms with Crippen LogP contribution in [-0.4, -0.2) is 35.3 Å². The number of likely N-dealkylation sites (N-methyl/N-ethyl adjacent to an activating group) is 1. The fourth-order valence-electron chi connectivity index (χ4n) is 3.41. The lowest BCUT2D eigenvalue weighted by Crippen LogP contribution is -2.51. The van der Waals surface area contributed by atoms with E-state index < -0.39 is 6.10 Å². The Bertz CT molecular complexity index is 649. The summed E-state index contributed by atoms with van der Waals surface area (Å²) in [6.45, 7) is 0.479. The number of rotatable bonds is 5. The second-order valence-electron chi connectivity index (χ2n) is 6.46. The van der Waals surface area contributed by atoms with Crippen molar-refractivity contribution in [1.82, 2.24) is 4.90 Å².